The smallest absolute Gasteiger partial charge is 0.310 e. The Morgan fingerprint density at radius 2 is 2.12 bits per heavy atom. The van der Waals surface area contributed by atoms with E-state index in [-0.39, 0.29) is 17.5 Å². The molecule has 3 unspecified atom stereocenters. The van der Waals surface area contributed by atoms with E-state index in [1.54, 1.807) is 0 Å². The van der Waals surface area contributed by atoms with Crippen molar-refractivity contribution in [2.75, 3.05) is 0 Å². The summed E-state index contributed by atoms with van der Waals surface area (Å²) in [6.45, 7) is 0. The summed E-state index contributed by atoms with van der Waals surface area (Å²) >= 11 is 1.93. The molecule has 4 aliphatic rings. The summed E-state index contributed by atoms with van der Waals surface area (Å²) in [6.07, 6.45) is 11.4. The number of carbonyl (C=O) groups is 1. The molecule has 17 heavy (non-hydrogen) atoms. The van der Waals surface area contributed by atoms with Gasteiger partial charge in [0.15, 0.2) is 0 Å². The molecular weight excluding hydrogens is 232 g/mol. The van der Waals surface area contributed by atoms with Gasteiger partial charge in [0.2, 0.25) is 0 Å². The highest BCUT2D eigenvalue weighted by Gasteiger charge is 2.50. The third kappa shape index (κ3) is 1.58. The van der Waals surface area contributed by atoms with Crippen LogP contribution in [0, 0.1) is 11.8 Å². The van der Waals surface area contributed by atoms with Gasteiger partial charge in [-0.1, -0.05) is 12.2 Å². The fourth-order valence-corrected chi connectivity index (χ4v) is 5.57. The second kappa shape index (κ2) is 3.53. The van der Waals surface area contributed by atoms with E-state index in [4.69, 9.17) is 4.74 Å². The van der Waals surface area contributed by atoms with Crippen LogP contribution in [0.25, 0.3) is 0 Å². The SMILES string of the molecule is O=C(OC12CCC(CC1)C2)C1CC2C=CC1S2. The molecule has 0 spiro atoms. The van der Waals surface area contributed by atoms with Crippen molar-refractivity contribution in [3.8, 4) is 0 Å². The van der Waals surface area contributed by atoms with E-state index in [9.17, 15) is 4.79 Å². The average Bonchev–Trinajstić information content (AvgIpc) is 3.08. The summed E-state index contributed by atoms with van der Waals surface area (Å²) in [4.78, 5) is 12.3. The topological polar surface area (TPSA) is 26.3 Å². The van der Waals surface area contributed by atoms with Gasteiger partial charge < -0.3 is 4.74 Å². The van der Waals surface area contributed by atoms with Crippen molar-refractivity contribution < 1.29 is 9.53 Å². The Kier molecular flexibility index (Phi) is 2.18. The van der Waals surface area contributed by atoms with Crippen molar-refractivity contribution in [3.05, 3.63) is 12.2 Å². The van der Waals surface area contributed by atoms with Gasteiger partial charge in [0.1, 0.15) is 5.60 Å². The van der Waals surface area contributed by atoms with Crippen LogP contribution < -0.4 is 0 Å². The first-order valence-electron chi connectivity index (χ1n) is 6.81. The summed E-state index contributed by atoms with van der Waals surface area (Å²) < 4.78 is 5.94. The Hall–Kier alpha value is -0.440. The van der Waals surface area contributed by atoms with Crippen LogP contribution in [0.4, 0.5) is 0 Å². The number of thioether (sulfide) groups is 1. The number of esters is 1. The molecule has 1 saturated heterocycles. The van der Waals surface area contributed by atoms with E-state index >= 15 is 0 Å². The molecule has 3 atom stereocenters. The molecule has 2 heterocycles. The number of ether oxygens (including phenoxy) is 1. The number of hydrogen-bond donors (Lipinski definition) is 0. The minimum absolute atomic E-state index is 0.0437. The summed E-state index contributed by atoms with van der Waals surface area (Å²) in [5.74, 6) is 1.08. The maximum atomic E-state index is 12.3. The van der Waals surface area contributed by atoms with Crippen molar-refractivity contribution in [1.29, 1.82) is 0 Å². The van der Waals surface area contributed by atoms with Crippen LogP contribution in [0.15, 0.2) is 12.2 Å². The van der Waals surface area contributed by atoms with Crippen molar-refractivity contribution in [1.82, 2.24) is 0 Å². The van der Waals surface area contributed by atoms with Crippen molar-refractivity contribution in [2.24, 2.45) is 11.8 Å². The van der Waals surface area contributed by atoms with E-state index < -0.39 is 0 Å². The molecule has 0 radical (unpaired) electrons. The molecule has 0 N–H and O–H groups in total. The molecular formula is C14H18O2S. The first-order valence-corrected chi connectivity index (χ1v) is 7.75. The molecule has 0 amide bonds. The molecule has 3 heteroatoms. The molecule has 0 aromatic rings. The van der Waals surface area contributed by atoms with E-state index in [0.29, 0.717) is 10.5 Å². The van der Waals surface area contributed by atoms with Gasteiger partial charge in [-0.05, 0) is 44.4 Å². The lowest BCUT2D eigenvalue weighted by Crippen LogP contribution is -2.35. The van der Waals surface area contributed by atoms with Crippen LogP contribution in [-0.4, -0.2) is 22.1 Å². The van der Waals surface area contributed by atoms with Gasteiger partial charge >= 0.3 is 5.97 Å². The number of carbonyl (C=O) groups excluding carboxylic acids is 1. The van der Waals surface area contributed by atoms with Crippen LogP contribution in [0.5, 0.6) is 0 Å². The molecule has 2 nitrogen and oxygen atoms in total. The lowest BCUT2D eigenvalue weighted by molar-refractivity contribution is -0.163. The number of fused-ring (bicyclic) bond motifs is 4. The first kappa shape index (κ1) is 10.5. The third-order valence-corrected chi connectivity index (χ3v) is 6.53. The molecule has 0 aromatic heterocycles. The fourth-order valence-electron chi connectivity index (χ4n) is 4.07. The Morgan fingerprint density at radius 3 is 2.65 bits per heavy atom. The maximum absolute atomic E-state index is 12.3. The van der Waals surface area contributed by atoms with Crippen LogP contribution in [0.3, 0.4) is 0 Å². The molecule has 3 fully saturated rings. The minimum atomic E-state index is -0.0437. The lowest BCUT2D eigenvalue weighted by Gasteiger charge is -2.29. The largest absolute Gasteiger partial charge is 0.459 e. The quantitative estimate of drug-likeness (QED) is 0.557. The summed E-state index contributed by atoms with van der Waals surface area (Å²) in [6, 6.07) is 0. The second-order valence-electron chi connectivity index (χ2n) is 6.12. The highest BCUT2D eigenvalue weighted by atomic mass is 32.2. The van der Waals surface area contributed by atoms with Gasteiger partial charge in [-0.25, -0.2) is 0 Å². The molecule has 92 valence electrons. The van der Waals surface area contributed by atoms with Gasteiger partial charge in [0, 0.05) is 10.5 Å². The molecule has 4 rings (SSSR count). The van der Waals surface area contributed by atoms with Crippen molar-refractivity contribution in [2.45, 2.75) is 54.6 Å². The normalized spacial score (nSPS) is 50.1. The third-order valence-electron chi connectivity index (χ3n) is 5.03. The fraction of sp³-hybridized carbons (Fsp3) is 0.786. The standard InChI is InChI=1S/C14H18O2S/c15-13(11-7-10-1-2-12(11)17-10)16-14-5-3-9(8-14)4-6-14/h1-2,9-12H,3-8H2. The highest BCUT2D eigenvalue weighted by Crippen LogP contribution is 2.51. The van der Waals surface area contributed by atoms with E-state index in [2.05, 4.69) is 12.2 Å². The summed E-state index contributed by atoms with van der Waals surface area (Å²) in [5, 5.41) is 0.984. The van der Waals surface area contributed by atoms with Crippen LogP contribution >= 0.6 is 11.8 Å². The van der Waals surface area contributed by atoms with Crippen LogP contribution in [-0.2, 0) is 9.53 Å². The van der Waals surface area contributed by atoms with Crippen LogP contribution in [0.1, 0.15) is 38.5 Å². The number of rotatable bonds is 2. The summed E-state index contributed by atoms with van der Waals surface area (Å²) in [5.41, 5.74) is -0.0437. The monoisotopic (exact) mass is 250 g/mol. The lowest BCUT2D eigenvalue weighted by atomic mass is 9.93. The predicted octanol–water partition coefficient (Wildman–Crippen LogP) is 2.92. The van der Waals surface area contributed by atoms with Gasteiger partial charge in [-0.2, -0.15) is 0 Å². The number of hydrogen-bond acceptors (Lipinski definition) is 3. The molecule has 4 bridgehead atoms. The second-order valence-corrected chi connectivity index (χ2v) is 7.54. The Labute approximate surface area is 106 Å². The average molecular weight is 250 g/mol. The first-order chi connectivity index (χ1) is 8.24. The zero-order valence-electron chi connectivity index (χ0n) is 9.93. The van der Waals surface area contributed by atoms with Crippen molar-refractivity contribution in [3.63, 3.8) is 0 Å². The highest BCUT2D eigenvalue weighted by molar-refractivity contribution is 8.01. The van der Waals surface area contributed by atoms with Gasteiger partial charge in [-0.15, -0.1) is 11.8 Å². The molecule has 0 aromatic carbocycles. The van der Waals surface area contributed by atoms with Crippen molar-refractivity contribution >= 4 is 17.7 Å². The van der Waals surface area contributed by atoms with E-state index in [1.165, 1.54) is 12.8 Å². The Bertz CT molecular complexity index is 382. The molecule has 2 aliphatic heterocycles. The Balaban J connectivity index is 1.46. The van der Waals surface area contributed by atoms with Gasteiger partial charge in [0.05, 0.1) is 5.92 Å². The van der Waals surface area contributed by atoms with E-state index in [1.807, 2.05) is 11.8 Å². The minimum Gasteiger partial charge on any atom is -0.459 e. The predicted molar refractivity (Wildman–Crippen MR) is 67.8 cm³/mol. The molecule has 2 saturated carbocycles. The van der Waals surface area contributed by atoms with Gasteiger partial charge in [0.25, 0.3) is 0 Å². The van der Waals surface area contributed by atoms with Crippen LogP contribution in [0.2, 0.25) is 0 Å². The zero-order valence-corrected chi connectivity index (χ0v) is 10.7. The maximum Gasteiger partial charge on any atom is 0.310 e. The summed E-state index contributed by atoms with van der Waals surface area (Å²) in [7, 11) is 0. The zero-order chi connectivity index (χ0) is 11.5. The molecule has 2 aliphatic carbocycles. The Morgan fingerprint density at radius 1 is 1.29 bits per heavy atom. The van der Waals surface area contributed by atoms with Gasteiger partial charge in [-0.3, -0.25) is 4.79 Å². The van der Waals surface area contributed by atoms with E-state index in [0.717, 1.165) is 31.6 Å².